The van der Waals surface area contributed by atoms with E-state index in [1.807, 2.05) is 6.08 Å². The highest BCUT2D eigenvalue weighted by Gasteiger charge is 2.63. The van der Waals surface area contributed by atoms with Gasteiger partial charge in [0, 0.05) is 26.7 Å². The lowest BCUT2D eigenvalue weighted by molar-refractivity contribution is -0.376. The zero-order valence-electron chi connectivity index (χ0n) is 62.2. The van der Waals surface area contributed by atoms with Crippen molar-refractivity contribution < 1.29 is 171 Å². The van der Waals surface area contributed by atoms with Crippen LogP contribution >= 0.6 is 7.82 Å². The summed E-state index contributed by atoms with van der Waals surface area (Å²) in [5.74, 6) is -7.48. The third-order valence-electron chi connectivity index (χ3n) is 20.4. The first-order chi connectivity index (χ1) is 51.3. The second-order valence-electron chi connectivity index (χ2n) is 30.1. The second kappa shape index (κ2) is 38.9. The van der Waals surface area contributed by atoms with Crippen LogP contribution < -0.4 is 27.4 Å². The molecular weight excluding hydrogens is 1490 g/mol. The number of aliphatic hydroxyl groups is 12. The van der Waals surface area contributed by atoms with Gasteiger partial charge in [-0.2, -0.15) is 0 Å². The molecule has 0 aromatic heterocycles. The van der Waals surface area contributed by atoms with Crippen LogP contribution in [0.1, 0.15) is 120 Å². The highest BCUT2D eigenvalue weighted by atomic mass is 31.2. The minimum Gasteiger partial charge on any atom is -0.510 e. The number of ether oxygens (including phenoxy) is 11. The molecule has 0 spiro atoms. The predicted molar refractivity (Wildman–Crippen MR) is 371 cm³/mol. The third-order valence-corrected chi connectivity index (χ3v) is 21.3. The number of rotatable bonds is 35. The fraction of sp³-hybridized carbons (Fsp3) is 0.754. The number of hydrogen-bond donors (Lipinski definition) is 19. The van der Waals surface area contributed by atoms with Crippen molar-refractivity contribution in [2.45, 2.75) is 279 Å². The molecule has 0 aromatic rings. The van der Waals surface area contributed by atoms with E-state index in [0.29, 0.717) is 18.8 Å². The van der Waals surface area contributed by atoms with Crippen LogP contribution in [0.4, 0.5) is 4.79 Å². The SMILES string of the molecule is C=C(CCC(C)(C)/C=C/CC/C(C)=C\CO[C@H](COP(=O)(O)O[C@H]1O[C@H](C(N)=O)[C@@](C)(O)[C@H](OC(N)=O)[C@H]1O[C@@H]1O[C@H](CO[C@H]2O[C@H](CO)[C@H](O)[C@H](O)[C@H]2O)[C@@H](O[C@H]2O[C@H](CO)[C@H](O[C@@H]3O[C@H](C(=O)NC4=C(O)CCC4=O)[C@H](O)[C@H](O)[C@H]3O)[C@H](O)[C@H]2NC(C)=O)[C@H](O)[C@H]1NC(C)=O)C(=O)O)C[C@H]1C(=C)CCCC1(C)C. The summed E-state index contributed by atoms with van der Waals surface area (Å²) in [7, 11) is -5.87. The Morgan fingerprint density at radius 3 is 1.87 bits per heavy atom. The zero-order chi connectivity index (χ0) is 82.0. The highest BCUT2D eigenvalue weighted by Crippen LogP contribution is 2.50. The molecule has 7 aliphatic rings. The Balaban J connectivity index is 1.13. The average Bonchev–Trinajstić information content (AvgIpc) is 0.908. The number of carbonyl (C=O) groups excluding carboxylic acids is 6. The Kier molecular flexibility index (Phi) is 32.3. The van der Waals surface area contributed by atoms with Gasteiger partial charge in [0.25, 0.3) is 5.91 Å². The minimum atomic E-state index is -5.87. The molecule has 5 aliphatic heterocycles. The Morgan fingerprint density at radius 2 is 1.31 bits per heavy atom. The number of nitrogens with two attached hydrogens (primary N) is 2. The van der Waals surface area contributed by atoms with Crippen LogP contribution in [0, 0.1) is 16.7 Å². The maximum Gasteiger partial charge on any atom is 0.474 e. The van der Waals surface area contributed by atoms with E-state index in [0.717, 1.165) is 64.9 Å². The molecular formula is C69H108N5O35P. The quantitative estimate of drug-likeness (QED) is 0.0218. The molecule has 0 radical (unpaired) electrons. The molecule has 1 saturated carbocycles. The monoisotopic (exact) mass is 1600 g/mol. The largest absolute Gasteiger partial charge is 0.510 e. The zero-order valence-corrected chi connectivity index (χ0v) is 63.1. The van der Waals surface area contributed by atoms with Gasteiger partial charge in [-0.1, -0.05) is 75.8 Å². The van der Waals surface area contributed by atoms with E-state index < -0.39 is 246 Å². The number of carboxylic acids is 1. The summed E-state index contributed by atoms with van der Waals surface area (Å²) in [6, 6.07) is -4.16. The first-order valence-electron chi connectivity index (χ1n) is 35.8. The number of amides is 5. The van der Waals surface area contributed by atoms with E-state index in [2.05, 4.69) is 62.9 Å². The Morgan fingerprint density at radius 1 is 0.736 bits per heavy atom. The summed E-state index contributed by atoms with van der Waals surface area (Å²) < 4.78 is 88.6. The fourth-order valence-electron chi connectivity index (χ4n) is 14.0. The number of ketones is 1. The molecule has 110 heavy (non-hydrogen) atoms. The highest BCUT2D eigenvalue weighted by molar-refractivity contribution is 7.47. The molecule has 5 saturated heterocycles. The average molecular weight is 1600 g/mol. The number of nitrogens with one attached hydrogen (secondary N) is 3. The number of phosphoric acid groups is 1. The number of allylic oxidation sites excluding steroid dienone is 7. The van der Waals surface area contributed by atoms with Crippen molar-refractivity contribution in [1.82, 2.24) is 16.0 Å². The van der Waals surface area contributed by atoms with Gasteiger partial charge in [0.05, 0.1) is 33.0 Å². The molecule has 41 heteroatoms. The minimum absolute atomic E-state index is 0.151. The maximum absolute atomic E-state index is 14.1. The van der Waals surface area contributed by atoms with E-state index in [1.54, 1.807) is 13.0 Å². The third kappa shape index (κ3) is 23.2. The van der Waals surface area contributed by atoms with Gasteiger partial charge in [0.15, 0.2) is 67.8 Å². The number of Topliss-reactive ketones (excluding diaryl/α,β-unsaturated/α-hetero) is 1. The molecule has 40 nitrogen and oxygen atoms in total. The van der Waals surface area contributed by atoms with E-state index in [-0.39, 0.29) is 30.3 Å². The van der Waals surface area contributed by atoms with Crippen LogP contribution in [0.2, 0.25) is 0 Å². The van der Waals surface area contributed by atoms with Crippen LogP contribution in [0.5, 0.6) is 0 Å². The number of carboxylic acid groups (broad SMARTS) is 1. The lowest BCUT2D eigenvalue weighted by Crippen LogP contribution is -2.72. The van der Waals surface area contributed by atoms with Gasteiger partial charge < -0.3 is 151 Å². The van der Waals surface area contributed by atoms with Crippen LogP contribution in [0.15, 0.2) is 59.6 Å². The molecule has 624 valence electrons. The van der Waals surface area contributed by atoms with Crippen molar-refractivity contribution in [3.05, 3.63) is 59.6 Å². The van der Waals surface area contributed by atoms with Crippen LogP contribution in [-0.2, 0) is 94.5 Å². The number of carbonyl (C=O) groups is 7. The molecule has 21 N–H and O–H groups in total. The van der Waals surface area contributed by atoms with Crippen molar-refractivity contribution in [3.63, 3.8) is 0 Å². The smallest absolute Gasteiger partial charge is 0.474 e. The maximum atomic E-state index is 14.1. The molecule has 1 unspecified atom stereocenters. The molecule has 5 heterocycles. The van der Waals surface area contributed by atoms with E-state index in [9.17, 15) is 109 Å². The van der Waals surface area contributed by atoms with Gasteiger partial charge >= 0.3 is 19.9 Å². The normalized spacial score (nSPS) is 37.3. The van der Waals surface area contributed by atoms with Gasteiger partial charge in [0.1, 0.15) is 108 Å². The van der Waals surface area contributed by atoms with Gasteiger partial charge in [0.2, 0.25) is 17.7 Å². The fourth-order valence-corrected chi connectivity index (χ4v) is 14.9. The Hall–Kier alpha value is -5.94. The van der Waals surface area contributed by atoms with E-state index in [4.69, 9.17) is 72.6 Å². The van der Waals surface area contributed by atoms with Gasteiger partial charge in [-0.3, -0.25) is 33.0 Å². The lowest BCUT2D eigenvalue weighted by Gasteiger charge is -2.52. The molecule has 7 rings (SSSR count). The molecule has 0 bridgehead atoms. The van der Waals surface area contributed by atoms with Crippen molar-refractivity contribution in [1.29, 1.82) is 0 Å². The number of phosphoric ester groups is 1. The van der Waals surface area contributed by atoms with Crippen molar-refractivity contribution >= 4 is 49.3 Å². The van der Waals surface area contributed by atoms with Crippen LogP contribution in [-0.4, -0.2) is 305 Å². The molecule has 28 atom stereocenters. The summed E-state index contributed by atoms with van der Waals surface area (Å²) in [5.41, 5.74) is 10.8. The van der Waals surface area contributed by atoms with Crippen molar-refractivity contribution in [3.8, 4) is 0 Å². The summed E-state index contributed by atoms with van der Waals surface area (Å²) in [4.78, 5) is 102. The molecule has 2 aliphatic carbocycles. The van der Waals surface area contributed by atoms with Gasteiger partial charge in [-0.05, 0) is 82.0 Å². The number of aliphatic carboxylic acids is 1. The summed E-state index contributed by atoms with van der Waals surface area (Å²) in [6.45, 7) is 17.0. The van der Waals surface area contributed by atoms with Crippen molar-refractivity contribution in [2.24, 2.45) is 28.2 Å². The lowest BCUT2D eigenvalue weighted by atomic mass is 9.64. The standard InChI is InChI=1S/C69H108N5O35P/c1-29(14-11-12-20-67(6,7)22-18-30(2)24-34-31(3)15-13-21-68(34,8)9)19-23-97-40(60(91)92)28-99-110(95,96)109-65-55(56(108-66(71)93)69(10,94)57(107-65)58(70)89)106-62-43(73-33(5)78)46(83)53(39(102-62)27-98-63-50(87)47(84)44(81)37(25-75)100-63)103-61-42(72-32(4)77)45(82)52(38(26-76)101-61)104-64-51(88)48(85)49(86)54(105-64)59(90)74-41-35(79)16-17-36(41)80/h12,19-20,34,37-40,42-57,61-65,75-76,79,81-88,94H,2-3,11,13-18,21-28H2,1,4-10H3,(H2,70,89)(H2,71,93)(H,72,77)(H,73,78)(H,74,90)(H,91,92)(H,95,96)/b20-12+,29-19-/t34-,37+,38+,39+,40+,42+,43+,44-,45+,46+,47-,48-,49+,50+,51+,52-,53+,54-,55+,56+,57+,61+,62-,63-,64+,65+,69-/m0/s1. The van der Waals surface area contributed by atoms with Crippen LogP contribution in [0.3, 0.4) is 0 Å². The number of aliphatic hydroxyl groups excluding tert-OH is 11. The summed E-state index contributed by atoms with van der Waals surface area (Å²) in [5, 5.41) is 150. The Bertz CT molecular complexity index is 3390. The number of hydrogen-bond acceptors (Lipinski definition) is 33. The summed E-state index contributed by atoms with van der Waals surface area (Å²) >= 11 is 0. The summed E-state index contributed by atoms with van der Waals surface area (Å²) in [6.07, 6.45) is -40.2. The topological polar surface area (TPSA) is 628 Å². The molecule has 5 amide bonds. The molecule has 0 aromatic carbocycles. The van der Waals surface area contributed by atoms with E-state index in [1.165, 1.54) is 11.1 Å². The first kappa shape index (κ1) is 91.2. The first-order valence-corrected chi connectivity index (χ1v) is 37.3. The number of primary amides is 2. The van der Waals surface area contributed by atoms with Gasteiger partial charge in [-0.15, -0.1) is 0 Å². The van der Waals surface area contributed by atoms with Crippen LogP contribution in [0.25, 0.3) is 0 Å². The predicted octanol–water partition coefficient (Wildman–Crippen LogP) is -3.37. The van der Waals surface area contributed by atoms with Gasteiger partial charge in [-0.25, -0.2) is 14.2 Å². The second-order valence-corrected chi connectivity index (χ2v) is 31.5. The van der Waals surface area contributed by atoms with E-state index >= 15 is 0 Å². The molecule has 6 fully saturated rings. The van der Waals surface area contributed by atoms with Crippen molar-refractivity contribution in [2.75, 3.05) is 33.0 Å². The Labute approximate surface area is 633 Å².